The smallest absolute Gasteiger partial charge is 0.534 e. The maximum atomic E-state index is 12.8. The Morgan fingerprint density at radius 1 is 1.26 bits per heavy atom. The van der Waals surface area contributed by atoms with Crippen LogP contribution in [0.1, 0.15) is 22.8 Å². The topological polar surface area (TPSA) is 186 Å². The molecule has 35 heavy (non-hydrogen) atoms. The van der Waals surface area contributed by atoms with E-state index in [9.17, 15) is 43.6 Å². The minimum atomic E-state index is -1.62. The van der Waals surface area contributed by atoms with Gasteiger partial charge in [0.15, 0.2) is 0 Å². The second-order valence-corrected chi connectivity index (χ2v) is 8.03. The van der Waals surface area contributed by atoms with E-state index in [0.717, 1.165) is 4.90 Å². The molecule has 0 radical (unpaired) electrons. The van der Waals surface area contributed by atoms with Gasteiger partial charge in [0.05, 0.1) is 17.6 Å². The second-order valence-electron chi connectivity index (χ2n) is 8.03. The van der Waals surface area contributed by atoms with Crippen molar-refractivity contribution in [1.29, 1.82) is 0 Å². The number of urea groups is 1. The summed E-state index contributed by atoms with van der Waals surface area (Å²) in [7, 11) is -1.62. The summed E-state index contributed by atoms with van der Waals surface area (Å²) < 4.78 is 17.8. The van der Waals surface area contributed by atoms with E-state index in [2.05, 4.69) is 10.6 Å². The summed E-state index contributed by atoms with van der Waals surface area (Å²) in [6, 6.07) is 1.66. The number of hydrogen-bond donors (Lipinski definition) is 5. The van der Waals surface area contributed by atoms with E-state index < -0.39 is 61.6 Å². The quantitative estimate of drug-likeness (QED) is 0.210. The number of carboxylic acid groups (broad SMARTS) is 1. The first-order chi connectivity index (χ1) is 16.5. The summed E-state index contributed by atoms with van der Waals surface area (Å²) >= 11 is 0. The maximum absolute atomic E-state index is 12.8. The number of aromatic carboxylic acids is 1. The molecule has 0 aromatic heterocycles. The molecule has 2 aliphatic heterocycles. The van der Waals surface area contributed by atoms with Gasteiger partial charge in [0.1, 0.15) is 18.5 Å². The number of imide groups is 1. The van der Waals surface area contributed by atoms with Gasteiger partial charge in [-0.1, -0.05) is 12.1 Å². The van der Waals surface area contributed by atoms with Crippen molar-refractivity contribution in [1.82, 2.24) is 20.4 Å². The Morgan fingerprint density at radius 3 is 2.60 bits per heavy atom. The van der Waals surface area contributed by atoms with E-state index in [0.29, 0.717) is 10.5 Å². The summed E-state index contributed by atoms with van der Waals surface area (Å²) in [6.45, 7) is -0.256. The summed E-state index contributed by atoms with van der Waals surface area (Å²) in [5, 5.41) is 34.3. The van der Waals surface area contributed by atoms with Gasteiger partial charge in [0.2, 0.25) is 5.91 Å². The lowest BCUT2D eigenvalue weighted by Crippen LogP contribution is -2.63. The van der Waals surface area contributed by atoms with Gasteiger partial charge in [-0.15, -0.1) is 0 Å². The molecule has 13 nitrogen and oxygen atoms in total. The minimum Gasteiger partial charge on any atom is -0.534 e. The van der Waals surface area contributed by atoms with E-state index in [1.165, 1.54) is 19.1 Å². The summed E-state index contributed by atoms with van der Waals surface area (Å²) in [5.41, 5.74) is 0.250. The molecule has 2 aliphatic rings. The minimum absolute atomic E-state index is 0.00659. The predicted octanol–water partition coefficient (Wildman–Crippen LogP) is -2.08. The first-order valence-electron chi connectivity index (χ1n) is 10.7. The Morgan fingerprint density at radius 2 is 1.97 bits per heavy atom. The zero-order chi connectivity index (χ0) is 25.9. The fourth-order valence-corrected chi connectivity index (χ4v) is 3.79. The van der Waals surface area contributed by atoms with Crippen molar-refractivity contribution in [3.63, 3.8) is 0 Å². The van der Waals surface area contributed by atoms with Crippen LogP contribution in [0.25, 0.3) is 0 Å². The molecule has 1 unspecified atom stereocenters. The van der Waals surface area contributed by atoms with Crippen molar-refractivity contribution < 1.29 is 48.3 Å². The van der Waals surface area contributed by atoms with Crippen molar-refractivity contribution in [2.45, 2.75) is 31.4 Å². The highest BCUT2D eigenvalue weighted by molar-refractivity contribution is 6.47. The molecule has 3 atom stereocenters. The molecule has 1 aromatic rings. The number of hydrogen-bond acceptors (Lipinski definition) is 8. The van der Waals surface area contributed by atoms with Gasteiger partial charge in [-0.2, -0.15) is 0 Å². The number of benzene rings is 1. The number of aliphatic hydroxyl groups excluding tert-OH is 1. The summed E-state index contributed by atoms with van der Waals surface area (Å²) in [5.74, 6) is -5.53. The van der Waals surface area contributed by atoms with E-state index in [1.54, 1.807) is 6.07 Å². The van der Waals surface area contributed by atoms with Gasteiger partial charge in [0, 0.05) is 19.6 Å². The second kappa shape index (κ2) is 10.7. The third kappa shape index (κ3) is 5.51. The highest BCUT2D eigenvalue weighted by Crippen LogP contribution is 2.30. The van der Waals surface area contributed by atoms with Crippen LogP contribution in [0.4, 0.5) is 9.18 Å². The number of alkyl halides is 1. The van der Waals surface area contributed by atoms with Gasteiger partial charge in [-0.25, -0.2) is 14.0 Å². The molecule has 0 aliphatic carbocycles. The van der Waals surface area contributed by atoms with Crippen LogP contribution in [-0.4, -0.2) is 106 Å². The highest BCUT2D eigenvalue weighted by Gasteiger charge is 2.41. The lowest BCUT2D eigenvalue weighted by Gasteiger charge is -2.34. The Balaban J connectivity index is 1.68. The van der Waals surface area contributed by atoms with Gasteiger partial charge in [-0.3, -0.25) is 19.3 Å². The molecule has 1 saturated heterocycles. The standard InChI is InChI=1S/C20H24BFN4O9/c1-10(27)14(24-20(33)26-8-7-25(6-5-22)17(29)18(26)30)16(28)23-13-9-11-3-2-4-12(19(31)32)15(11)35-21(13)34/h2-4,10,13-14,27,34H,5-9H2,1H3,(H,23,28)(H,24,33)(H,31,32)/t10-,13?,14-/m1/s1. The van der Waals surface area contributed by atoms with Crippen molar-refractivity contribution in [3.8, 4) is 5.75 Å². The van der Waals surface area contributed by atoms with Crippen molar-refractivity contribution in [2.24, 2.45) is 0 Å². The van der Waals surface area contributed by atoms with Gasteiger partial charge in [0.25, 0.3) is 0 Å². The largest absolute Gasteiger partial charge is 0.547 e. The molecule has 0 bridgehead atoms. The SMILES string of the molecule is C[C@@H](O)[C@@H](NC(=O)N1CCN(CCF)C(=O)C1=O)C(=O)NC1Cc2cccc(C(=O)O)c2OB1O. The normalized spacial score (nSPS) is 19.4. The van der Waals surface area contributed by atoms with Gasteiger partial charge < -0.3 is 35.4 Å². The van der Waals surface area contributed by atoms with E-state index in [4.69, 9.17) is 4.65 Å². The predicted molar refractivity (Wildman–Crippen MR) is 116 cm³/mol. The fraction of sp³-hybridized carbons (Fsp3) is 0.450. The number of para-hydroxylation sites is 1. The van der Waals surface area contributed by atoms with Gasteiger partial charge in [-0.05, 0) is 25.0 Å². The number of aliphatic hydroxyl groups is 1. The molecule has 188 valence electrons. The molecule has 3 rings (SSSR count). The van der Waals surface area contributed by atoms with Crippen LogP contribution in [0.5, 0.6) is 5.75 Å². The first-order valence-corrected chi connectivity index (χ1v) is 10.7. The van der Waals surface area contributed by atoms with Crippen LogP contribution < -0.4 is 15.3 Å². The molecule has 15 heteroatoms. The summed E-state index contributed by atoms with van der Waals surface area (Å²) in [6.07, 6.45) is -1.45. The lowest BCUT2D eigenvalue weighted by molar-refractivity contribution is -0.153. The number of fused-ring (bicyclic) bond motifs is 1. The molecule has 5 amide bonds. The van der Waals surface area contributed by atoms with Gasteiger partial charge >= 0.3 is 30.9 Å². The summed E-state index contributed by atoms with van der Waals surface area (Å²) in [4.78, 5) is 62.5. The molecule has 0 spiro atoms. The van der Waals surface area contributed by atoms with Crippen LogP contribution in [0, 0.1) is 0 Å². The number of carboxylic acids is 1. The molecule has 1 fully saturated rings. The number of nitrogens with zero attached hydrogens (tertiary/aromatic N) is 2. The number of piperazine rings is 1. The van der Waals surface area contributed by atoms with Crippen LogP contribution in [0.15, 0.2) is 18.2 Å². The molecule has 5 N–H and O–H groups in total. The Hall–Kier alpha value is -3.72. The van der Waals surface area contributed by atoms with Crippen LogP contribution >= 0.6 is 0 Å². The molecular formula is C20H24BFN4O9. The number of nitrogens with one attached hydrogen (secondary N) is 2. The average Bonchev–Trinajstić information content (AvgIpc) is 2.80. The van der Waals surface area contributed by atoms with E-state index >= 15 is 0 Å². The Kier molecular flexibility index (Phi) is 7.91. The van der Waals surface area contributed by atoms with Crippen molar-refractivity contribution >= 4 is 36.8 Å². The first kappa shape index (κ1) is 25.9. The Labute approximate surface area is 199 Å². The number of halogens is 1. The van der Waals surface area contributed by atoms with Crippen LogP contribution in [0.2, 0.25) is 0 Å². The molecule has 2 heterocycles. The van der Waals surface area contributed by atoms with Crippen LogP contribution in [0.3, 0.4) is 0 Å². The van der Waals surface area contributed by atoms with Crippen molar-refractivity contribution in [2.75, 3.05) is 26.3 Å². The Bertz CT molecular complexity index is 1040. The number of carbonyl (C=O) groups is 5. The third-order valence-corrected chi connectivity index (χ3v) is 5.63. The number of carbonyl (C=O) groups excluding carboxylic acids is 4. The molecule has 0 saturated carbocycles. The fourth-order valence-electron chi connectivity index (χ4n) is 3.79. The lowest BCUT2D eigenvalue weighted by atomic mass is 9.72. The third-order valence-electron chi connectivity index (χ3n) is 5.63. The highest BCUT2D eigenvalue weighted by atomic mass is 19.1. The zero-order valence-corrected chi connectivity index (χ0v) is 18.6. The average molecular weight is 494 g/mol. The van der Waals surface area contributed by atoms with Crippen LogP contribution in [-0.2, 0) is 20.8 Å². The molecular weight excluding hydrogens is 470 g/mol. The van der Waals surface area contributed by atoms with E-state index in [1.807, 2.05) is 0 Å². The molecule has 1 aromatic carbocycles. The zero-order valence-electron chi connectivity index (χ0n) is 18.6. The van der Waals surface area contributed by atoms with E-state index in [-0.39, 0.29) is 37.4 Å². The monoisotopic (exact) mass is 494 g/mol. The number of amides is 5. The number of rotatable bonds is 7. The maximum Gasteiger partial charge on any atom is 0.547 e. The van der Waals surface area contributed by atoms with Crippen molar-refractivity contribution in [3.05, 3.63) is 29.3 Å².